The maximum Gasteiger partial charge on any atom is 0.368 e. The van der Waals surface area contributed by atoms with Crippen LogP contribution in [0.4, 0.5) is 0 Å². The lowest BCUT2D eigenvalue weighted by Gasteiger charge is -2.14. The summed E-state index contributed by atoms with van der Waals surface area (Å²) in [5, 5.41) is 16.3. The third kappa shape index (κ3) is 1.43. The first-order valence-electron chi connectivity index (χ1n) is 1.73. The molecule has 0 saturated carbocycles. The van der Waals surface area contributed by atoms with Crippen molar-refractivity contribution in [1.82, 2.24) is 5.43 Å². The Morgan fingerprint density at radius 1 is 1.75 bits per heavy atom. The number of hydrogen-bond acceptors (Lipinski definition) is 5. The molecule has 0 rings (SSSR count). The van der Waals surface area contributed by atoms with E-state index in [0.717, 1.165) is 0 Å². The van der Waals surface area contributed by atoms with E-state index in [0.29, 0.717) is 0 Å². The van der Waals surface area contributed by atoms with Crippen molar-refractivity contribution >= 4 is 5.97 Å². The maximum absolute atomic E-state index is 9.73. The highest BCUT2D eigenvalue weighted by atomic mass is 16.4. The Labute approximate surface area is 45.1 Å². The lowest BCUT2D eigenvalue weighted by atomic mass is 10.5. The van der Waals surface area contributed by atoms with Gasteiger partial charge in [-0.25, -0.2) is 10.2 Å². The fourth-order valence-electron chi connectivity index (χ4n) is 0.0617. The molecule has 0 radical (unpaired) electrons. The summed E-state index contributed by atoms with van der Waals surface area (Å²) in [4.78, 5) is 9.73. The van der Waals surface area contributed by atoms with Crippen molar-refractivity contribution in [3.63, 3.8) is 0 Å². The number of aliphatic carboxylic acids is 1. The molecule has 0 aliphatic rings. The number of hydrogen-bond donors (Lipinski definition) is 5. The Hall–Kier alpha value is -0.690. The maximum atomic E-state index is 9.73. The third-order valence-electron chi connectivity index (χ3n) is 0.546. The van der Waals surface area contributed by atoms with E-state index in [9.17, 15) is 4.79 Å². The molecule has 48 valence electrons. The minimum atomic E-state index is -2.51. The molecule has 0 heterocycles. The van der Waals surface area contributed by atoms with Gasteiger partial charge in [0.1, 0.15) is 0 Å². The predicted octanol–water partition coefficient (Wildman–Crippen LogP) is -2.86. The van der Waals surface area contributed by atoms with Crippen molar-refractivity contribution < 1.29 is 15.0 Å². The molecule has 0 aromatic rings. The SMILES string of the molecule is NNC(N)(O)C(=O)O. The summed E-state index contributed by atoms with van der Waals surface area (Å²) < 4.78 is 0. The smallest absolute Gasteiger partial charge is 0.368 e. The average Bonchev–Trinajstić information content (AvgIpc) is 1.67. The Morgan fingerprint density at radius 3 is 2.12 bits per heavy atom. The monoisotopic (exact) mass is 121 g/mol. The number of carbonyl (C=O) groups is 1. The fraction of sp³-hybridized carbons (Fsp3) is 0.500. The molecule has 6 heteroatoms. The molecule has 0 aliphatic heterocycles. The van der Waals surface area contributed by atoms with E-state index in [1.54, 1.807) is 0 Å². The summed E-state index contributed by atoms with van der Waals surface area (Å²) in [6.45, 7) is 0. The predicted molar refractivity (Wildman–Crippen MR) is 24.1 cm³/mol. The van der Waals surface area contributed by atoms with Crippen molar-refractivity contribution in [2.75, 3.05) is 0 Å². The third-order valence-corrected chi connectivity index (χ3v) is 0.546. The Kier molecular flexibility index (Phi) is 1.88. The van der Waals surface area contributed by atoms with Gasteiger partial charge >= 0.3 is 5.97 Å². The van der Waals surface area contributed by atoms with Crippen LogP contribution in [0.3, 0.4) is 0 Å². The normalized spacial score (nSPS) is 17.4. The molecular weight excluding hydrogens is 114 g/mol. The van der Waals surface area contributed by atoms with Crippen molar-refractivity contribution in [1.29, 1.82) is 0 Å². The van der Waals surface area contributed by atoms with Gasteiger partial charge < -0.3 is 10.2 Å². The quantitative estimate of drug-likeness (QED) is 0.152. The number of nitrogens with one attached hydrogen (secondary N) is 1. The highest BCUT2D eigenvalue weighted by molar-refractivity contribution is 5.75. The highest BCUT2D eigenvalue weighted by Crippen LogP contribution is 1.82. The van der Waals surface area contributed by atoms with Gasteiger partial charge in [0.15, 0.2) is 0 Å². The Bertz CT molecular complexity index is 101. The van der Waals surface area contributed by atoms with E-state index in [4.69, 9.17) is 10.2 Å². The fourth-order valence-corrected chi connectivity index (χ4v) is 0.0617. The molecule has 0 fully saturated rings. The Balaban J connectivity index is 3.91. The zero-order chi connectivity index (χ0) is 6.78. The standard InChI is InChI=1S/C2H7N3O3/c3-2(8,5-4)1(6)7/h5,8H,3-4H2,(H,6,7). The van der Waals surface area contributed by atoms with Gasteiger partial charge in [-0.3, -0.25) is 11.6 Å². The molecular formula is C2H7N3O3. The first-order valence-corrected chi connectivity index (χ1v) is 1.73. The van der Waals surface area contributed by atoms with Crippen LogP contribution in [0.25, 0.3) is 0 Å². The number of carboxylic acid groups (broad SMARTS) is 1. The molecule has 0 bridgehead atoms. The second kappa shape index (κ2) is 2.05. The highest BCUT2D eigenvalue weighted by Gasteiger charge is 2.28. The zero-order valence-electron chi connectivity index (χ0n) is 3.96. The van der Waals surface area contributed by atoms with Gasteiger partial charge in [0.2, 0.25) is 0 Å². The van der Waals surface area contributed by atoms with Crippen molar-refractivity contribution in [3.05, 3.63) is 0 Å². The molecule has 1 atom stereocenters. The largest absolute Gasteiger partial charge is 0.477 e. The second-order valence-corrected chi connectivity index (χ2v) is 1.22. The van der Waals surface area contributed by atoms with Crippen molar-refractivity contribution in [2.24, 2.45) is 11.6 Å². The number of hydrazine groups is 1. The van der Waals surface area contributed by atoms with Gasteiger partial charge in [0, 0.05) is 0 Å². The van der Waals surface area contributed by atoms with Crippen LogP contribution in [0.5, 0.6) is 0 Å². The lowest BCUT2D eigenvalue weighted by Crippen LogP contribution is -2.62. The summed E-state index contributed by atoms with van der Waals surface area (Å²) in [5.41, 5.74) is 6.05. The second-order valence-electron chi connectivity index (χ2n) is 1.22. The van der Waals surface area contributed by atoms with Gasteiger partial charge in [-0.1, -0.05) is 0 Å². The molecule has 1 unspecified atom stereocenters. The number of rotatable bonds is 2. The first-order chi connectivity index (χ1) is 3.50. The molecule has 0 spiro atoms. The molecule has 0 aromatic carbocycles. The summed E-state index contributed by atoms with van der Waals surface area (Å²) in [6.07, 6.45) is 0. The van der Waals surface area contributed by atoms with E-state index < -0.39 is 11.8 Å². The van der Waals surface area contributed by atoms with Crippen LogP contribution < -0.4 is 17.0 Å². The van der Waals surface area contributed by atoms with Gasteiger partial charge in [-0.15, -0.1) is 0 Å². The minimum Gasteiger partial charge on any atom is -0.477 e. The average molecular weight is 121 g/mol. The summed E-state index contributed by atoms with van der Waals surface area (Å²) in [7, 11) is 0. The molecule has 0 saturated heterocycles. The van der Waals surface area contributed by atoms with Crippen molar-refractivity contribution in [3.8, 4) is 0 Å². The molecule has 0 aliphatic carbocycles. The molecule has 6 nitrogen and oxygen atoms in total. The zero-order valence-corrected chi connectivity index (χ0v) is 3.96. The van der Waals surface area contributed by atoms with Gasteiger partial charge in [-0.05, 0) is 0 Å². The summed E-state index contributed by atoms with van der Waals surface area (Å²) in [5.74, 6) is 0.363. The first kappa shape index (κ1) is 7.31. The summed E-state index contributed by atoms with van der Waals surface area (Å²) in [6, 6.07) is 0. The van der Waals surface area contributed by atoms with Crippen LogP contribution in [0.1, 0.15) is 0 Å². The summed E-state index contributed by atoms with van der Waals surface area (Å²) >= 11 is 0. The topological polar surface area (TPSA) is 122 Å². The molecule has 0 amide bonds. The minimum absolute atomic E-state index is 1.47. The van der Waals surface area contributed by atoms with E-state index >= 15 is 0 Å². The lowest BCUT2D eigenvalue weighted by molar-refractivity contribution is -0.161. The molecule has 0 aromatic heterocycles. The molecule has 8 heavy (non-hydrogen) atoms. The van der Waals surface area contributed by atoms with E-state index in [1.807, 2.05) is 0 Å². The van der Waals surface area contributed by atoms with Gasteiger partial charge in [0.25, 0.3) is 5.85 Å². The number of carboxylic acids is 1. The molecule has 7 N–H and O–H groups in total. The number of aliphatic hydroxyl groups is 1. The van der Waals surface area contributed by atoms with Crippen LogP contribution in [0.15, 0.2) is 0 Å². The van der Waals surface area contributed by atoms with Gasteiger partial charge in [-0.2, -0.15) is 0 Å². The Morgan fingerprint density at radius 2 is 2.12 bits per heavy atom. The van der Waals surface area contributed by atoms with E-state index in [-0.39, 0.29) is 0 Å². The van der Waals surface area contributed by atoms with Crippen LogP contribution in [0, 0.1) is 0 Å². The van der Waals surface area contributed by atoms with Gasteiger partial charge in [0.05, 0.1) is 0 Å². The van der Waals surface area contributed by atoms with E-state index in [2.05, 4.69) is 11.6 Å². The van der Waals surface area contributed by atoms with Crippen LogP contribution in [0.2, 0.25) is 0 Å². The number of nitrogens with two attached hydrogens (primary N) is 2. The van der Waals surface area contributed by atoms with Crippen LogP contribution in [-0.4, -0.2) is 22.0 Å². The van der Waals surface area contributed by atoms with Crippen LogP contribution >= 0.6 is 0 Å². The van der Waals surface area contributed by atoms with Crippen molar-refractivity contribution in [2.45, 2.75) is 5.85 Å². The van der Waals surface area contributed by atoms with E-state index in [1.165, 1.54) is 5.43 Å². The van der Waals surface area contributed by atoms with Crippen LogP contribution in [-0.2, 0) is 4.79 Å².